The summed E-state index contributed by atoms with van der Waals surface area (Å²) in [7, 11) is 0. The van der Waals surface area contributed by atoms with Gasteiger partial charge in [-0.1, -0.05) is 15.9 Å². The second-order valence-corrected chi connectivity index (χ2v) is 8.39. The van der Waals surface area contributed by atoms with Crippen molar-refractivity contribution in [2.45, 2.75) is 38.6 Å². The Labute approximate surface area is 178 Å². The quantitative estimate of drug-likeness (QED) is 0.525. The number of nitrogens with zero attached hydrogens (tertiary/aromatic N) is 1. The number of hydrogen-bond acceptors (Lipinski definition) is 5. The fraction of sp³-hybridized carbons (Fsp3) is 0.550. The predicted molar refractivity (Wildman–Crippen MR) is 106 cm³/mol. The highest BCUT2D eigenvalue weighted by molar-refractivity contribution is 9.10. The van der Waals surface area contributed by atoms with Gasteiger partial charge in [0.25, 0.3) is 0 Å². The molecule has 1 aromatic rings. The van der Waals surface area contributed by atoms with E-state index in [4.69, 9.17) is 19.8 Å². The summed E-state index contributed by atoms with van der Waals surface area (Å²) < 4.78 is 0.989. The van der Waals surface area contributed by atoms with Gasteiger partial charge in [-0.25, -0.2) is 4.79 Å². The summed E-state index contributed by atoms with van der Waals surface area (Å²) in [5, 5.41) is 26.4. The van der Waals surface area contributed by atoms with Crippen LogP contribution in [-0.4, -0.2) is 59.1 Å². The van der Waals surface area contributed by atoms with E-state index in [1.54, 1.807) is 6.07 Å². The van der Waals surface area contributed by atoms with Gasteiger partial charge in [0.2, 0.25) is 5.91 Å². The smallest absolute Gasteiger partial charge is 0.351 e. The maximum Gasteiger partial charge on any atom is 0.351 e. The van der Waals surface area contributed by atoms with Crippen LogP contribution in [0.15, 0.2) is 22.7 Å². The van der Waals surface area contributed by atoms with Crippen LogP contribution in [0.4, 0.5) is 0 Å². The third-order valence-corrected chi connectivity index (χ3v) is 5.78. The fourth-order valence-corrected chi connectivity index (χ4v) is 4.27. The fourth-order valence-electron chi connectivity index (χ4n) is 3.86. The normalized spacial score (nSPS) is 21.6. The Bertz CT molecular complexity index is 724. The molecule has 2 aliphatic heterocycles. The van der Waals surface area contributed by atoms with Crippen LogP contribution in [0.1, 0.15) is 37.7 Å². The van der Waals surface area contributed by atoms with E-state index < -0.39 is 11.9 Å². The van der Waals surface area contributed by atoms with E-state index in [0.29, 0.717) is 11.7 Å². The van der Waals surface area contributed by atoms with Crippen molar-refractivity contribution in [1.82, 2.24) is 4.90 Å². The number of aliphatic carboxylic acids is 2. The Morgan fingerprint density at radius 3 is 2.45 bits per heavy atom. The van der Waals surface area contributed by atoms with Gasteiger partial charge in [-0.3, -0.25) is 4.79 Å². The molecule has 8 nitrogen and oxygen atoms in total. The van der Waals surface area contributed by atoms with E-state index in [1.165, 1.54) is 11.3 Å². The Balaban J connectivity index is 0.000000438. The Kier molecular flexibility index (Phi) is 8.91. The van der Waals surface area contributed by atoms with Gasteiger partial charge in [0.15, 0.2) is 5.97 Å². The first-order valence-corrected chi connectivity index (χ1v) is 10.6. The molecule has 2 atom stereocenters. The van der Waals surface area contributed by atoms with E-state index in [2.05, 4.69) is 20.8 Å². The molecule has 1 aromatic carbocycles. The van der Waals surface area contributed by atoms with E-state index in [1.807, 2.05) is 12.1 Å². The maximum absolute atomic E-state index is 12.7. The molecule has 2 aliphatic rings. The molecule has 2 saturated heterocycles. The maximum atomic E-state index is 12.7. The Morgan fingerprint density at radius 2 is 1.83 bits per heavy atom. The average molecular weight is 471 g/mol. The highest BCUT2D eigenvalue weighted by Crippen LogP contribution is 2.22. The van der Waals surface area contributed by atoms with Gasteiger partial charge in [0, 0.05) is 23.1 Å². The van der Waals surface area contributed by atoms with Gasteiger partial charge < -0.3 is 29.9 Å². The van der Waals surface area contributed by atoms with Crippen molar-refractivity contribution >= 4 is 33.8 Å². The molecule has 160 valence electrons. The van der Waals surface area contributed by atoms with Crippen LogP contribution in [0.5, 0.6) is 5.75 Å². The molecule has 0 radical (unpaired) electrons. The monoisotopic (exact) mass is 470 g/mol. The number of halogens is 1. The van der Waals surface area contributed by atoms with Crippen LogP contribution < -0.4 is 10.0 Å². The van der Waals surface area contributed by atoms with E-state index in [-0.39, 0.29) is 5.92 Å². The molecule has 9 heteroatoms. The number of quaternary nitrogens is 1. The van der Waals surface area contributed by atoms with Crippen LogP contribution in [0, 0.1) is 5.92 Å². The third kappa shape index (κ3) is 7.32. The average Bonchev–Trinajstić information content (AvgIpc) is 2.71. The van der Waals surface area contributed by atoms with Crippen molar-refractivity contribution in [3.05, 3.63) is 28.2 Å². The molecule has 1 amide bonds. The minimum atomic E-state index is -2.07. The zero-order valence-corrected chi connectivity index (χ0v) is 17.8. The lowest BCUT2D eigenvalue weighted by Crippen LogP contribution is -3.12. The zero-order valence-electron chi connectivity index (χ0n) is 16.2. The van der Waals surface area contributed by atoms with Crippen LogP contribution in [0.3, 0.4) is 0 Å². The summed E-state index contributed by atoms with van der Waals surface area (Å²) in [6.45, 7) is 4.64. The number of hydrogen-bond donors (Lipinski definition) is 3. The number of nitrogens with one attached hydrogen (secondary N) is 1. The number of amides is 1. The Morgan fingerprint density at radius 1 is 1.17 bits per heavy atom. The Hall–Kier alpha value is -2.13. The number of benzene rings is 1. The minimum absolute atomic E-state index is 0.158. The topological polar surface area (TPSA) is 122 Å². The molecule has 2 unspecified atom stereocenters. The molecule has 0 aromatic heterocycles. The molecule has 0 bridgehead atoms. The van der Waals surface area contributed by atoms with Crippen molar-refractivity contribution in [2.75, 3.05) is 26.2 Å². The van der Waals surface area contributed by atoms with Crippen LogP contribution in [0.2, 0.25) is 0 Å². The summed E-state index contributed by atoms with van der Waals surface area (Å²) in [4.78, 5) is 34.2. The first kappa shape index (κ1) is 23.2. The van der Waals surface area contributed by atoms with Gasteiger partial charge in [0.05, 0.1) is 19.0 Å². The zero-order chi connectivity index (χ0) is 21.4. The SMILES string of the molecule is O=C(C1CCC[NH+](Cc2cc(Br)ccc2O)C1)N1CCCCC1.O=C([O-])C(=O)O. The lowest BCUT2D eigenvalue weighted by atomic mass is 9.95. The summed E-state index contributed by atoms with van der Waals surface area (Å²) >= 11 is 3.47. The van der Waals surface area contributed by atoms with Gasteiger partial charge in [-0.05, 0) is 50.3 Å². The first-order chi connectivity index (χ1) is 13.8. The number of phenolic OH excluding ortho intramolecular Hbond substituents is 1. The highest BCUT2D eigenvalue weighted by atomic mass is 79.9. The van der Waals surface area contributed by atoms with E-state index in [9.17, 15) is 9.90 Å². The van der Waals surface area contributed by atoms with Crippen molar-refractivity contribution in [3.63, 3.8) is 0 Å². The third-order valence-electron chi connectivity index (χ3n) is 5.29. The highest BCUT2D eigenvalue weighted by Gasteiger charge is 2.32. The second-order valence-electron chi connectivity index (χ2n) is 7.47. The van der Waals surface area contributed by atoms with E-state index >= 15 is 0 Å². The summed E-state index contributed by atoms with van der Waals surface area (Å²) in [6, 6.07) is 5.57. The predicted octanol–water partition coefficient (Wildman–Crippen LogP) is -0.217. The number of carboxylic acid groups (broad SMARTS) is 2. The molecule has 2 fully saturated rings. The van der Waals surface area contributed by atoms with Crippen LogP contribution in [-0.2, 0) is 20.9 Å². The van der Waals surface area contributed by atoms with Gasteiger partial charge in [-0.15, -0.1) is 0 Å². The number of carbonyl (C=O) groups excluding carboxylic acids is 2. The van der Waals surface area contributed by atoms with Crippen LogP contribution in [0.25, 0.3) is 0 Å². The molecule has 0 saturated carbocycles. The number of carbonyl (C=O) groups is 3. The van der Waals surface area contributed by atoms with Crippen molar-refractivity contribution < 1.29 is 34.6 Å². The molecular weight excluding hydrogens is 444 g/mol. The largest absolute Gasteiger partial charge is 0.539 e. The number of aromatic hydroxyl groups is 1. The minimum Gasteiger partial charge on any atom is -0.539 e. The van der Waals surface area contributed by atoms with Crippen LogP contribution >= 0.6 is 15.9 Å². The number of likely N-dealkylation sites (tertiary alicyclic amines) is 2. The summed E-state index contributed by atoms with van der Waals surface area (Å²) in [5.74, 6) is -3.14. The lowest BCUT2D eigenvalue weighted by molar-refractivity contribution is -0.921. The number of phenols is 1. The molecule has 0 aliphatic carbocycles. The second kappa shape index (κ2) is 11.2. The molecule has 29 heavy (non-hydrogen) atoms. The molecule has 2 heterocycles. The van der Waals surface area contributed by atoms with Crippen molar-refractivity contribution in [2.24, 2.45) is 5.92 Å². The van der Waals surface area contributed by atoms with Crippen molar-refractivity contribution in [1.29, 1.82) is 0 Å². The number of rotatable bonds is 3. The summed E-state index contributed by atoms with van der Waals surface area (Å²) in [5.41, 5.74) is 0.959. The molecular formula is C20H27BrN2O6. The number of carboxylic acids is 2. The lowest BCUT2D eigenvalue weighted by Gasteiger charge is -2.34. The molecule has 0 spiro atoms. The van der Waals surface area contributed by atoms with Gasteiger partial charge in [0.1, 0.15) is 12.3 Å². The number of piperidine rings is 2. The van der Waals surface area contributed by atoms with E-state index in [0.717, 1.165) is 68.4 Å². The summed E-state index contributed by atoms with van der Waals surface area (Å²) in [6.07, 6.45) is 5.67. The first-order valence-electron chi connectivity index (χ1n) is 9.82. The standard InChI is InChI=1S/C18H25BrN2O2.C2H2O4/c19-16-6-7-17(22)15(11-16)13-20-8-4-5-14(12-20)18(23)21-9-2-1-3-10-21;3-1(4)2(5)6/h6-7,11,14,22H,1-5,8-10,12-13H2;(H,3,4)(H,5,6). The van der Waals surface area contributed by atoms with Gasteiger partial charge >= 0.3 is 5.97 Å². The molecule has 3 rings (SSSR count). The van der Waals surface area contributed by atoms with Gasteiger partial charge in [-0.2, -0.15) is 0 Å². The van der Waals surface area contributed by atoms with Crippen molar-refractivity contribution in [3.8, 4) is 5.75 Å². The molecule has 3 N–H and O–H groups in total.